The van der Waals surface area contributed by atoms with Crippen molar-refractivity contribution in [2.45, 2.75) is 31.2 Å². The second-order valence-electron chi connectivity index (χ2n) is 6.31. The molecule has 0 amide bonds. The predicted octanol–water partition coefficient (Wildman–Crippen LogP) is 1.63. The van der Waals surface area contributed by atoms with E-state index in [1.165, 1.54) is 12.1 Å². The van der Waals surface area contributed by atoms with Gasteiger partial charge >= 0.3 is 5.97 Å². The number of aliphatic carboxylic acids is 1. The summed E-state index contributed by atoms with van der Waals surface area (Å²) < 4.78 is 51.4. The van der Waals surface area contributed by atoms with Gasteiger partial charge in [-0.05, 0) is 30.5 Å². The summed E-state index contributed by atoms with van der Waals surface area (Å²) in [5.41, 5.74) is 0. The van der Waals surface area contributed by atoms with Crippen LogP contribution < -0.4 is 9.46 Å². The van der Waals surface area contributed by atoms with Gasteiger partial charge in [-0.2, -0.15) is 4.72 Å². The van der Waals surface area contributed by atoms with Crippen molar-refractivity contribution in [1.29, 1.82) is 0 Å². The van der Waals surface area contributed by atoms with Gasteiger partial charge in [0.25, 0.3) is 0 Å². The van der Waals surface area contributed by atoms with Crippen LogP contribution in [0.5, 0.6) is 5.75 Å². The van der Waals surface area contributed by atoms with Gasteiger partial charge in [0, 0.05) is 12.5 Å². The Morgan fingerprint density at radius 3 is 2.72 bits per heavy atom. The molecule has 0 aliphatic carbocycles. The highest BCUT2D eigenvalue weighted by molar-refractivity contribution is 7.89. The molecule has 2 atom stereocenters. The van der Waals surface area contributed by atoms with Crippen LogP contribution in [-0.2, 0) is 19.6 Å². The monoisotopic (exact) mass is 375 g/mol. The Morgan fingerprint density at radius 1 is 1.48 bits per heavy atom. The van der Waals surface area contributed by atoms with Crippen LogP contribution in [0.15, 0.2) is 23.1 Å². The first-order valence-corrected chi connectivity index (χ1v) is 9.44. The summed E-state index contributed by atoms with van der Waals surface area (Å²) in [7, 11) is -4.17. The fourth-order valence-corrected chi connectivity index (χ4v) is 3.74. The quantitative estimate of drug-likeness (QED) is 0.716. The topological polar surface area (TPSA) is 102 Å². The number of rotatable bonds is 8. The Bertz CT molecular complexity index is 715. The Kier molecular flexibility index (Phi) is 6.36. The lowest BCUT2D eigenvalue weighted by atomic mass is 10.1. The molecule has 0 saturated carbocycles. The lowest BCUT2D eigenvalue weighted by Crippen LogP contribution is -2.44. The van der Waals surface area contributed by atoms with E-state index in [-0.39, 0.29) is 23.2 Å². The van der Waals surface area contributed by atoms with E-state index < -0.39 is 33.8 Å². The average Bonchev–Trinajstić information content (AvgIpc) is 3.04. The zero-order valence-corrected chi connectivity index (χ0v) is 14.9. The maximum atomic E-state index is 14.1. The summed E-state index contributed by atoms with van der Waals surface area (Å²) in [6.07, 6.45) is 0.837. The van der Waals surface area contributed by atoms with Crippen molar-refractivity contribution in [2.75, 3.05) is 19.8 Å². The number of halogens is 1. The van der Waals surface area contributed by atoms with Crippen molar-refractivity contribution in [2.24, 2.45) is 11.8 Å². The van der Waals surface area contributed by atoms with E-state index in [0.29, 0.717) is 13.2 Å². The van der Waals surface area contributed by atoms with Crippen LogP contribution in [0.3, 0.4) is 0 Å². The van der Waals surface area contributed by atoms with Gasteiger partial charge in [-0.15, -0.1) is 0 Å². The highest BCUT2D eigenvalue weighted by Crippen LogP contribution is 2.23. The van der Waals surface area contributed by atoms with Crippen LogP contribution in [0, 0.1) is 17.7 Å². The van der Waals surface area contributed by atoms with E-state index in [0.717, 1.165) is 12.5 Å². The highest BCUT2D eigenvalue weighted by atomic mass is 32.2. The number of carboxylic acids is 1. The first kappa shape index (κ1) is 19.6. The smallest absolute Gasteiger partial charge is 0.322 e. The highest BCUT2D eigenvalue weighted by Gasteiger charge is 2.28. The molecule has 140 valence electrons. The second kappa shape index (κ2) is 8.11. The summed E-state index contributed by atoms with van der Waals surface area (Å²) in [5, 5.41) is 9.10. The largest absolute Gasteiger partial charge is 0.490 e. The molecule has 2 unspecified atom stereocenters. The van der Waals surface area contributed by atoms with Crippen molar-refractivity contribution in [3.8, 4) is 5.75 Å². The summed E-state index contributed by atoms with van der Waals surface area (Å²) >= 11 is 0. The van der Waals surface area contributed by atoms with Crippen LogP contribution in [0.4, 0.5) is 4.39 Å². The minimum absolute atomic E-state index is 0.0514. The Labute approximate surface area is 146 Å². The van der Waals surface area contributed by atoms with E-state index in [9.17, 15) is 17.6 Å². The third-order valence-electron chi connectivity index (χ3n) is 3.93. The number of sulfonamides is 1. The molecular weight excluding hydrogens is 353 g/mol. The second-order valence-corrected chi connectivity index (χ2v) is 8.03. The van der Waals surface area contributed by atoms with Gasteiger partial charge in [0.15, 0.2) is 11.6 Å². The van der Waals surface area contributed by atoms with Crippen molar-refractivity contribution in [3.05, 3.63) is 24.0 Å². The number of carboxylic acid groups (broad SMARTS) is 1. The van der Waals surface area contributed by atoms with Crippen LogP contribution in [0.1, 0.15) is 20.3 Å². The number of benzene rings is 1. The zero-order chi connectivity index (χ0) is 18.6. The zero-order valence-electron chi connectivity index (χ0n) is 14.1. The maximum Gasteiger partial charge on any atom is 0.322 e. The summed E-state index contributed by atoms with van der Waals surface area (Å²) in [5.74, 6) is -2.44. The molecule has 25 heavy (non-hydrogen) atoms. The summed E-state index contributed by atoms with van der Waals surface area (Å²) in [6.45, 7) is 4.65. The molecule has 0 radical (unpaired) electrons. The Balaban J connectivity index is 2.10. The van der Waals surface area contributed by atoms with Crippen LogP contribution in [0.25, 0.3) is 0 Å². The number of carbonyl (C=O) groups is 1. The van der Waals surface area contributed by atoms with Gasteiger partial charge in [-0.1, -0.05) is 13.8 Å². The van der Waals surface area contributed by atoms with E-state index in [2.05, 4.69) is 4.72 Å². The lowest BCUT2D eigenvalue weighted by molar-refractivity contribution is -0.140. The van der Waals surface area contributed by atoms with E-state index >= 15 is 0 Å². The molecule has 9 heteroatoms. The average molecular weight is 375 g/mol. The Hall–Kier alpha value is -1.71. The third-order valence-corrected chi connectivity index (χ3v) is 5.37. The van der Waals surface area contributed by atoms with Crippen molar-refractivity contribution >= 4 is 16.0 Å². The molecule has 1 heterocycles. The van der Waals surface area contributed by atoms with Crippen molar-refractivity contribution in [1.82, 2.24) is 4.72 Å². The third kappa shape index (κ3) is 5.13. The molecule has 2 N–H and O–H groups in total. The van der Waals surface area contributed by atoms with Crippen molar-refractivity contribution in [3.63, 3.8) is 0 Å². The first-order chi connectivity index (χ1) is 11.7. The fraction of sp³-hybridized carbons (Fsp3) is 0.562. The number of ether oxygens (including phenoxy) is 2. The summed E-state index contributed by atoms with van der Waals surface area (Å²) in [4.78, 5) is 10.8. The van der Waals surface area contributed by atoms with Crippen LogP contribution in [0.2, 0.25) is 0 Å². The van der Waals surface area contributed by atoms with Gasteiger partial charge in [-0.25, -0.2) is 12.8 Å². The standard InChI is InChI=1S/C16H22FNO6S/c1-10(2)15(16(19)20)18-25(21,22)12-3-4-14(13(17)7-12)24-9-11-5-6-23-8-11/h3-4,7,10-11,15,18H,5-6,8-9H2,1-2H3,(H,19,20). The Morgan fingerprint density at radius 2 is 2.20 bits per heavy atom. The molecule has 0 spiro atoms. The molecule has 1 fully saturated rings. The molecule has 1 saturated heterocycles. The predicted molar refractivity (Wildman–Crippen MR) is 87.4 cm³/mol. The van der Waals surface area contributed by atoms with Gasteiger partial charge in [0.2, 0.25) is 10.0 Å². The van der Waals surface area contributed by atoms with Gasteiger partial charge in [-0.3, -0.25) is 4.79 Å². The molecule has 0 aromatic heterocycles. The van der Waals surface area contributed by atoms with Gasteiger partial charge < -0.3 is 14.6 Å². The number of hydrogen-bond donors (Lipinski definition) is 2. The molecule has 0 bridgehead atoms. The SMILES string of the molecule is CC(C)C(NS(=O)(=O)c1ccc(OCC2CCOC2)c(F)c1)C(=O)O. The molecular formula is C16H22FNO6S. The molecule has 1 aromatic rings. The van der Waals surface area contributed by atoms with E-state index in [1.54, 1.807) is 13.8 Å². The molecule has 1 aromatic carbocycles. The van der Waals surface area contributed by atoms with E-state index in [4.69, 9.17) is 14.6 Å². The van der Waals surface area contributed by atoms with Crippen molar-refractivity contribution < 1.29 is 32.2 Å². The molecule has 1 aliphatic rings. The van der Waals surface area contributed by atoms with Crippen LogP contribution >= 0.6 is 0 Å². The molecule has 1 aliphatic heterocycles. The number of nitrogens with one attached hydrogen (secondary N) is 1. The van der Waals surface area contributed by atoms with E-state index in [1.807, 2.05) is 0 Å². The number of hydrogen-bond acceptors (Lipinski definition) is 5. The minimum Gasteiger partial charge on any atom is -0.490 e. The fourth-order valence-electron chi connectivity index (χ4n) is 2.40. The summed E-state index contributed by atoms with van der Waals surface area (Å²) in [6, 6.07) is 1.93. The maximum absolute atomic E-state index is 14.1. The first-order valence-electron chi connectivity index (χ1n) is 7.96. The normalized spacial score (nSPS) is 19.1. The molecule has 7 nitrogen and oxygen atoms in total. The van der Waals surface area contributed by atoms with Crippen LogP contribution in [-0.4, -0.2) is 45.4 Å². The van der Waals surface area contributed by atoms with Gasteiger partial charge in [0.05, 0.1) is 18.1 Å². The van der Waals surface area contributed by atoms with Gasteiger partial charge in [0.1, 0.15) is 6.04 Å². The lowest BCUT2D eigenvalue weighted by Gasteiger charge is -2.18. The minimum atomic E-state index is -4.17. The molecule has 2 rings (SSSR count).